The minimum atomic E-state index is -0.789. The molecule has 2 amide bonds. The molecular formula is C8H13N3O3. The smallest absolute Gasteiger partial charge is 0.261 e. The Bertz CT molecular complexity index is 257. The first-order chi connectivity index (χ1) is 6.49. The van der Waals surface area contributed by atoms with E-state index in [0.29, 0.717) is 0 Å². The van der Waals surface area contributed by atoms with Gasteiger partial charge in [0.25, 0.3) is 5.91 Å². The second kappa shape index (κ2) is 5.94. The Kier molecular flexibility index (Phi) is 5.26. The zero-order chi connectivity index (χ0) is 11.1. The fourth-order valence-electron chi connectivity index (χ4n) is 0.752. The average molecular weight is 199 g/mol. The van der Waals surface area contributed by atoms with E-state index in [2.05, 4.69) is 4.84 Å². The molecule has 6 nitrogen and oxygen atoms in total. The van der Waals surface area contributed by atoms with Crippen LogP contribution >= 0.6 is 0 Å². The highest BCUT2D eigenvalue weighted by molar-refractivity contribution is 5.80. The maximum absolute atomic E-state index is 11.2. The molecule has 3 N–H and O–H groups in total. The standard InChI is InChI=1S/C8H13N3O3/c1-5(2)6(3-9)8(13)11-14-4-7(10)12/h5-6H,4H2,1-2H3,(H2,10,12)(H,11,13). The molecule has 0 aromatic carbocycles. The van der Waals surface area contributed by atoms with E-state index in [1.807, 2.05) is 11.5 Å². The summed E-state index contributed by atoms with van der Waals surface area (Å²) in [5.74, 6) is -2.16. The predicted octanol–water partition coefficient (Wildman–Crippen LogP) is -0.685. The number of hydroxylamine groups is 1. The summed E-state index contributed by atoms with van der Waals surface area (Å²) in [6, 6.07) is 1.83. The van der Waals surface area contributed by atoms with Crippen molar-refractivity contribution in [3.63, 3.8) is 0 Å². The molecule has 1 unspecified atom stereocenters. The van der Waals surface area contributed by atoms with E-state index in [1.54, 1.807) is 13.8 Å². The molecule has 0 aromatic rings. The summed E-state index contributed by atoms with van der Waals surface area (Å²) < 4.78 is 0. The van der Waals surface area contributed by atoms with Crippen molar-refractivity contribution in [2.75, 3.05) is 6.61 Å². The van der Waals surface area contributed by atoms with E-state index >= 15 is 0 Å². The molecule has 6 heteroatoms. The SMILES string of the molecule is CC(C)C(C#N)C(=O)NOCC(N)=O. The van der Waals surface area contributed by atoms with Crippen LogP contribution in [0.4, 0.5) is 0 Å². The zero-order valence-electron chi connectivity index (χ0n) is 8.11. The van der Waals surface area contributed by atoms with Crippen LogP contribution in [0.25, 0.3) is 0 Å². The molecular weight excluding hydrogens is 186 g/mol. The Morgan fingerprint density at radius 3 is 2.50 bits per heavy atom. The van der Waals surface area contributed by atoms with Gasteiger partial charge in [0, 0.05) is 0 Å². The average Bonchev–Trinajstić information content (AvgIpc) is 2.03. The van der Waals surface area contributed by atoms with Crippen molar-refractivity contribution < 1.29 is 14.4 Å². The van der Waals surface area contributed by atoms with E-state index < -0.39 is 24.3 Å². The van der Waals surface area contributed by atoms with Gasteiger partial charge in [0.15, 0.2) is 6.61 Å². The predicted molar refractivity (Wildman–Crippen MR) is 47.2 cm³/mol. The number of hydrogen-bond donors (Lipinski definition) is 2. The Morgan fingerprint density at radius 2 is 2.14 bits per heavy atom. The fraction of sp³-hybridized carbons (Fsp3) is 0.625. The topological polar surface area (TPSA) is 105 Å². The van der Waals surface area contributed by atoms with Crippen molar-refractivity contribution in [1.29, 1.82) is 5.26 Å². The third-order valence-corrected chi connectivity index (χ3v) is 1.48. The van der Waals surface area contributed by atoms with Crippen LogP contribution in [0.3, 0.4) is 0 Å². The quantitative estimate of drug-likeness (QED) is 0.572. The van der Waals surface area contributed by atoms with E-state index in [4.69, 9.17) is 11.0 Å². The molecule has 0 bridgehead atoms. The highest BCUT2D eigenvalue weighted by atomic mass is 16.7. The third-order valence-electron chi connectivity index (χ3n) is 1.48. The molecule has 0 saturated carbocycles. The number of rotatable bonds is 5. The van der Waals surface area contributed by atoms with Crippen LogP contribution in [-0.4, -0.2) is 18.4 Å². The lowest BCUT2D eigenvalue weighted by molar-refractivity contribution is -0.140. The zero-order valence-corrected chi connectivity index (χ0v) is 8.11. The summed E-state index contributed by atoms with van der Waals surface area (Å²) in [6.45, 7) is 3.07. The largest absolute Gasteiger partial charge is 0.368 e. The van der Waals surface area contributed by atoms with Gasteiger partial charge in [0.05, 0.1) is 6.07 Å². The Hall–Kier alpha value is -1.61. The summed E-state index contributed by atoms with van der Waals surface area (Å²) in [6.07, 6.45) is 0. The molecule has 0 heterocycles. The highest BCUT2D eigenvalue weighted by Crippen LogP contribution is 2.08. The molecule has 1 atom stereocenters. The Labute approximate surface area is 82.0 Å². The van der Waals surface area contributed by atoms with E-state index in [1.165, 1.54) is 0 Å². The number of carbonyl (C=O) groups is 2. The first kappa shape index (κ1) is 12.4. The van der Waals surface area contributed by atoms with Gasteiger partial charge in [-0.25, -0.2) is 5.48 Å². The molecule has 0 aromatic heterocycles. The van der Waals surface area contributed by atoms with Crippen LogP contribution in [0.2, 0.25) is 0 Å². The molecule has 0 saturated heterocycles. The number of hydrogen-bond acceptors (Lipinski definition) is 4. The number of nitrogens with one attached hydrogen (secondary N) is 1. The molecule has 0 aliphatic heterocycles. The second-order valence-corrected chi connectivity index (χ2v) is 3.07. The van der Waals surface area contributed by atoms with Gasteiger partial charge in [-0.2, -0.15) is 5.26 Å². The van der Waals surface area contributed by atoms with Gasteiger partial charge >= 0.3 is 0 Å². The number of nitrogens with zero attached hydrogens (tertiary/aromatic N) is 1. The molecule has 0 spiro atoms. The van der Waals surface area contributed by atoms with Crippen LogP contribution in [0.5, 0.6) is 0 Å². The maximum Gasteiger partial charge on any atom is 0.261 e. The van der Waals surface area contributed by atoms with Gasteiger partial charge in [0.1, 0.15) is 5.92 Å². The minimum Gasteiger partial charge on any atom is -0.368 e. The van der Waals surface area contributed by atoms with Crippen molar-refractivity contribution in [2.45, 2.75) is 13.8 Å². The lowest BCUT2D eigenvalue weighted by atomic mass is 9.97. The Balaban J connectivity index is 3.95. The third kappa shape index (κ3) is 4.42. The summed E-state index contributed by atoms with van der Waals surface area (Å²) in [5.41, 5.74) is 6.75. The van der Waals surface area contributed by atoms with Gasteiger partial charge in [-0.1, -0.05) is 13.8 Å². The van der Waals surface area contributed by atoms with Crippen LogP contribution in [-0.2, 0) is 14.4 Å². The van der Waals surface area contributed by atoms with Crippen molar-refractivity contribution in [1.82, 2.24) is 5.48 Å². The number of carbonyl (C=O) groups excluding carboxylic acids is 2. The fourth-order valence-corrected chi connectivity index (χ4v) is 0.752. The van der Waals surface area contributed by atoms with Crippen LogP contribution < -0.4 is 11.2 Å². The van der Waals surface area contributed by atoms with Gasteiger partial charge in [0.2, 0.25) is 5.91 Å². The number of nitrogens with two attached hydrogens (primary N) is 1. The van der Waals surface area contributed by atoms with Crippen LogP contribution in [0, 0.1) is 23.2 Å². The lowest BCUT2D eigenvalue weighted by Crippen LogP contribution is -2.35. The summed E-state index contributed by atoms with van der Waals surface area (Å²) in [5, 5.41) is 8.62. The van der Waals surface area contributed by atoms with E-state index in [0.717, 1.165) is 0 Å². The van der Waals surface area contributed by atoms with Gasteiger partial charge in [-0.3, -0.25) is 14.4 Å². The highest BCUT2D eigenvalue weighted by Gasteiger charge is 2.21. The maximum atomic E-state index is 11.2. The monoisotopic (exact) mass is 199 g/mol. The minimum absolute atomic E-state index is 0.114. The van der Waals surface area contributed by atoms with Gasteiger partial charge in [-0.05, 0) is 5.92 Å². The lowest BCUT2D eigenvalue weighted by Gasteiger charge is -2.11. The van der Waals surface area contributed by atoms with Gasteiger partial charge in [-0.15, -0.1) is 0 Å². The van der Waals surface area contributed by atoms with E-state index in [9.17, 15) is 9.59 Å². The number of amides is 2. The van der Waals surface area contributed by atoms with Crippen LogP contribution in [0.15, 0.2) is 0 Å². The summed E-state index contributed by atoms with van der Waals surface area (Å²) >= 11 is 0. The van der Waals surface area contributed by atoms with Crippen molar-refractivity contribution in [3.05, 3.63) is 0 Å². The molecule has 0 rings (SSSR count). The number of nitriles is 1. The van der Waals surface area contributed by atoms with Crippen molar-refractivity contribution in [2.24, 2.45) is 17.6 Å². The first-order valence-corrected chi connectivity index (χ1v) is 4.08. The van der Waals surface area contributed by atoms with Crippen LogP contribution in [0.1, 0.15) is 13.8 Å². The molecule has 14 heavy (non-hydrogen) atoms. The molecule has 0 aliphatic carbocycles. The number of primary amides is 1. The van der Waals surface area contributed by atoms with E-state index in [-0.39, 0.29) is 5.92 Å². The van der Waals surface area contributed by atoms with Gasteiger partial charge < -0.3 is 5.73 Å². The van der Waals surface area contributed by atoms with Crippen molar-refractivity contribution in [3.8, 4) is 6.07 Å². The summed E-state index contributed by atoms with van der Waals surface area (Å²) in [7, 11) is 0. The second-order valence-electron chi connectivity index (χ2n) is 3.07. The summed E-state index contributed by atoms with van der Waals surface area (Å²) in [4.78, 5) is 25.9. The molecule has 0 fully saturated rings. The van der Waals surface area contributed by atoms with Crippen molar-refractivity contribution >= 4 is 11.8 Å². The Morgan fingerprint density at radius 1 is 1.57 bits per heavy atom. The molecule has 78 valence electrons. The first-order valence-electron chi connectivity index (χ1n) is 4.08. The molecule has 0 aliphatic rings. The molecule has 0 radical (unpaired) electrons. The normalized spacial score (nSPS) is 11.9.